The molecular formula is C28H32ClN3O5. The molecule has 2 aromatic rings. The van der Waals surface area contributed by atoms with Crippen LogP contribution < -0.4 is 4.74 Å². The molecule has 9 heteroatoms. The SMILES string of the molecule is O=C(O)C1CCCCC1C(=O)N1CCc2c(Cl)ccc(OCc3cccnc3)c2[C@H]1CN1CCCC1=O. The molecule has 1 saturated heterocycles. The molecule has 2 unspecified atom stereocenters. The zero-order valence-electron chi connectivity index (χ0n) is 20.8. The van der Waals surface area contributed by atoms with Crippen LogP contribution in [0.25, 0.3) is 0 Å². The summed E-state index contributed by atoms with van der Waals surface area (Å²) in [5, 5.41) is 10.4. The van der Waals surface area contributed by atoms with Crippen LogP contribution in [0.4, 0.5) is 0 Å². The number of aliphatic carboxylic acids is 1. The van der Waals surface area contributed by atoms with Crippen molar-refractivity contribution in [1.29, 1.82) is 0 Å². The Morgan fingerprint density at radius 2 is 1.89 bits per heavy atom. The van der Waals surface area contributed by atoms with Crippen molar-refractivity contribution in [3.8, 4) is 5.75 Å². The molecule has 196 valence electrons. The van der Waals surface area contributed by atoms with Crippen LogP contribution in [-0.2, 0) is 27.4 Å². The average molecular weight is 526 g/mol. The highest BCUT2D eigenvalue weighted by molar-refractivity contribution is 6.31. The molecule has 37 heavy (non-hydrogen) atoms. The van der Waals surface area contributed by atoms with Gasteiger partial charge in [0.05, 0.1) is 17.9 Å². The molecule has 1 aromatic heterocycles. The number of rotatable bonds is 7. The molecule has 2 amide bonds. The van der Waals surface area contributed by atoms with Crippen LogP contribution >= 0.6 is 11.6 Å². The van der Waals surface area contributed by atoms with Gasteiger partial charge in [-0.05, 0) is 49.4 Å². The molecule has 2 fully saturated rings. The number of halogens is 1. The molecule has 3 atom stereocenters. The van der Waals surface area contributed by atoms with Crippen molar-refractivity contribution < 1.29 is 24.2 Å². The van der Waals surface area contributed by atoms with Gasteiger partial charge in [-0.15, -0.1) is 0 Å². The Bertz CT molecular complexity index is 1170. The third kappa shape index (κ3) is 5.30. The predicted octanol–water partition coefficient (Wildman–Crippen LogP) is 4.25. The Hall–Kier alpha value is -3.13. The number of ether oxygens (including phenoxy) is 1. The molecule has 3 aliphatic rings. The van der Waals surface area contributed by atoms with Crippen LogP contribution in [0.3, 0.4) is 0 Å². The van der Waals surface area contributed by atoms with Crippen LogP contribution in [0, 0.1) is 11.8 Å². The second kappa shape index (κ2) is 11.1. The molecule has 0 spiro atoms. The fourth-order valence-electron chi connectivity index (χ4n) is 6.04. The minimum absolute atomic E-state index is 0.0699. The van der Waals surface area contributed by atoms with E-state index in [1.54, 1.807) is 22.2 Å². The Morgan fingerprint density at radius 3 is 2.59 bits per heavy atom. The maximum Gasteiger partial charge on any atom is 0.307 e. The van der Waals surface area contributed by atoms with Crippen LogP contribution in [-0.4, -0.2) is 57.3 Å². The zero-order chi connectivity index (χ0) is 25.9. The summed E-state index contributed by atoms with van der Waals surface area (Å²) in [5.41, 5.74) is 2.65. The molecule has 1 aliphatic carbocycles. The lowest BCUT2D eigenvalue weighted by molar-refractivity contribution is -0.154. The number of hydrogen-bond donors (Lipinski definition) is 1. The van der Waals surface area contributed by atoms with Crippen LogP contribution in [0.5, 0.6) is 5.75 Å². The second-order valence-corrected chi connectivity index (χ2v) is 10.6. The van der Waals surface area contributed by atoms with E-state index in [2.05, 4.69) is 4.98 Å². The van der Waals surface area contributed by atoms with E-state index in [9.17, 15) is 19.5 Å². The predicted molar refractivity (Wildman–Crippen MR) is 137 cm³/mol. The van der Waals surface area contributed by atoms with Crippen LogP contribution in [0.2, 0.25) is 5.02 Å². The summed E-state index contributed by atoms with van der Waals surface area (Å²) >= 11 is 6.66. The number of amides is 2. The summed E-state index contributed by atoms with van der Waals surface area (Å²) in [4.78, 5) is 46.4. The van der Waals surface area contributed by atoms with Gasteiger partial charge in [-0.3, -0.25) is 19.4 Å². The van der Waals surface area contributed by atoms with Crippen molar-refractivity contribution in [2.45, 2.75) is 57.6 Å². The summed E-state index contributed by atoms with van der Waals surface area (Å²) in [6, 6.07) is 6.96. The van der Waals surface area contributed by atoms with E-state index in [0.29, 0.717) is 62.7 Å². The maximum atomic E-state index is 14.0. The van der Waals surface area contributed by atoms with Gasteiger partial charge in [-0.25, -0.2) is 0 Å². The van der Waals surface area contributed by atoms with Gasteiger partial charge in [0.1, 0.15) is 12.4 Å². The largest absolute Gasteiger partial charge is 0.488 e. The van der Waals surface area contributed by atoms with Crippen molar-refractivity contribution in [2.24, 2.45) is 11.8 Å². The van der Waals surface area contributed by atoms with E-state index < -0.39 is 23.8 Å². The first-order chi connectivity index (χ1) is 17.9. The van der Waals surface area contributed by atoms with E-state index in [-0.39, 0.29) is 11.8 Å². The summed E-state index contributed by atoms with van der Waals surface area (Å²) in [7, 11) is 0. The molecule has 0 bridgehead atoms. The molecule has 8 nitrogen and oxygen atoms in total. The minimum atomic E-state index is -0.912. The molecule has 5 rings (SSSR count). The molecule has 2 aliphatic heterocycles. The number of pyridine rings is 1. The van der Waals surface area contributed by atoms with Crippen molar-refractivity contribution in [1.82, 2.24) is 14.8 Å². The van der Waals surface area contributed by atoms with E-state index in [1.165, 1.54) is 0 Å². The number of likely N-dealkylation sites (tertiary alicyclic amines) is 1. The standard InChI is InChI=1S/C28H32ClN3O5/c29-22-9-10-24(37-17-18-5-3-12-30-15-18)26-21(22)11-14-32(23(26)16-31-13-4-8-25(31)33)27(34)19-6-1-2-7-20(19)28(35)36/h3,5,9-10,12,15,19-20,23H,1-2,4,6-8,11,13-14,16-17H2,(H,35,36)/t19?,20?,23-/m1/s1. The quantitative estimate of drug-likeness (QED) is 0.580. The minimum Gasteiger partial charge on any atom is -0.488 e. The first-order valence-corrected chi connectivity index (χ1v) is 13.5. The number of benzene rings is 1. The monoisotopic (exact) mass is 525 g/mol. The third-order valence-electron chi connectivity index (χ3n) is 7.94. The van der Waals surface area contributed by atoms with Crippen LogP contribution in [0.15, 0.2) is 36.7 Å². The number of carboxylic acid groups (broad SMARTS) is 1. The molecular weight excluding hydrogens is 494 g/mol. The van der Waals surface area contributed by atoms with E-state index in [0.717, 1.165) is 36.0 Å². The van der Waals surface area contributed by atoms with Gasteiger partial charge in [0.15, 0.2) is 0 Å². The summed E-state index contributed by atoms with van der Waals surface area (Å²) < 4.78 is 6.27. The fraction of sp³-hybridized carbons (Fsp3) is 0.500. The summed E-state index contributed by atoms with van der Waals surface area (Å²) in [5.74, 6) is -1.62. The Balaban J connectivity index is 1.51. The van der Waals surface area contributed by atoms with E-state index >= 15 is 0 Å². The second-order valence-electron chi connectivity index (χ2n) is 10.2. The smallest absolute Gasteiger partial charge is 0.307 e. The zero-order valence-corrected chi connectivity index (χ0v) is 21.5. The normalized spacial score (nSPS) is 23.6. The summed E-state index contributed by atoms with van der Waals surface area (Å²) in [6.07, 6.45) is 8.00. The maximum absolute atomic E-state index is 14.0. The highest BCUT2D eigenvalue weighted by Gasteiger charge is 2.43. The van der Waals surface area contributed by atoms with Gasteiger partial charge < -0.3 is 19.6 Å². The number of carbonyl (C=O) groups excluding carboxylic acids is 2. The van der Waals surface area contributed by atoms with E-state index in [1.807, 2.05) is 24.3 Å². The molecule has 0 radical (unpaired) electrons. The van der Waals surface area contributed by atoms with Gasteiger partial charge in [0.2, 0.25) is 11.8 Å². The fourth-order valence-corrected chi connectivity index (χ4v) is 6.30. The Kier molecular flexibility index (Phi) is 7.65. The number of carbonyl (C=O) groups is 3. The van der Waals surface area contributed by atoms with E-state index in [4.69, 9.17) is 16.3 Å². The number of fused-ring (bicyclic) bond motifs is 1. The molecule has 1 aromatic carbocycles. The third-order valence-corrected chi connectivity index (χ3v) is 8.29. The van der Waals surface area contributed by atoms with Crippen molar-refractivity contribution in [3.63, 3.8) is 0 Å². The molecule has 1 saturated carbocycles. The lowest BCUT2D eigenvalue weighted by Gasteiger charge is -2.43. The number of aromatic nitrogens is 1. The van der Waals surface area contributed by atoms with Crippen LogP contribution in [0.1, 0.15) is 61.3 Å². The van der Waals surface area contributed by atoms with Gasteiger partial charge in [0, 0.05) is 54.6 Å². The topological polar surface area (TPSA) is 100 Å². The lowest BCUT2D eigenvalue weighted by Crippen LogP contribution is -2.50. The highest BCUT2D eigenvalue weighted by Crippen LogP contribution is 2.43. The lowest BCUT2D eigenvalue weighted by atomic mass is 9.77. The average Bonchev–Trinajstić information content (AvgIpc) is 3.32. The first kappa shape index (κ1) is 25.5. The molecule has 1 N–H and O–H groups in total. The van der Waals surface area contributed by atoms with Crippen molar-refractivity contribution in [2.75, 3.05) is 19.6 Å². The highest BCUT2D eigenvalue weighted by atomic mass is 35.5. The van der Waals surface area contributed by atoms with Gasteiger partial charge in [-0.1, -0.05) is 30.5 Å². The first-order valence-electron chi connectivity index (χ1n) is 13.1. The Morgan fingerprint density at radius 1 is 1.08 bits per heavy atom. The number of nitrogens with zero attached hydrogens (tertiary/aromatic N) is 3. The van der Waals surface area contributed by atoms with Gasteiger partial charge in [-0.2, -0.15) is 0 Å². The van der Waals surface area contributed by atoms with Crippen molar-refractivity contribution in [3.05, 3.63) is 58.4 Å². The number of carboxylic acids is 1. The van der Waals surface area contributed by atoms with Gasteiger partial charge >= 0.3 is 5.97 Å². The summed E-state index contributed by atoms with van der Waals surface area (Å²) in [6.45, 7) is 1.70. The van der Waals surface area contributed by atoms with Crippen molar-refractivity contribution >= 4 is 29.4 Å². The van der Waals surface area contributed by atoms with Gasteiger partial charge in [0.25, 0.3) is 0 Å². The Labute approximate surface area is 221 Å². The number of hydrogen-bond acceptors (Lipinski definition) is 5. The molecule has 3 heterocycles.